The number of aryl methyl sites for hydroxylation is 2. The first kappa shape index (κ1) is 17.5. The molecule has 0 saturated carbocycles. The summed E-state index contributed by atoms with van der Waals surface area (Å²) in [6, 6.07) is 15.5. The van der Waals surface area contributed by atoms with Gasteiger partial charge in [0.15, 0.2) is 0 Å². The van der Waals surface area contributed by atoms with Gasteiger partial charge >= 0.3 is 0 Å². The van der Waals surface area contributed by atoms with Gasteiger partial charge in [-0.05, 0) is 37.1 Å². The minimum Gasteiger partial charge on any atom is -0.466 e. The molecule has 0 heterocycles. The van der Waals surface area contributed by atoms with Crippen molar-refractivity contribution in [1.29, 1.82) is 0 Å². The molecule has 0 aromatic heterocycles. The molecule has 23 heavy (non-hydrogen) atoms. The maximum atomic E-state index is 5.41. The summed E-state index contributed by atoms with van der Waals surface area (Å²) in [5, 5.41) is 0. The predicted octanol–water partition coefficient (Wildman–Crippen LogP) is 5.16. The maximum Gasteiger partial charge on any atom is 0.127 e. The van der Waals surface area contributed by atoms with Gasteiger partial charge < -0.3 is 4.74 Å². The summed E-state index contributed by atoms with van der Waals surface area (Å²) in [4.78, 5) is 0. The SMILES string of the molecule is C=COc1cc(C)c(C2C=C[C-]=C2c2[c-]cccc2)c(C)c1.[Ir]. The Balaban J connectivity index is 0.00000192. The van der Waals surface area contributed by atoms with Gasteiger partial charge in [0, 0.05) is 20.1 Å². The van der Waals surface area contributed by atoms with Gasteiger partial charge in [-0.25, -0.2) is 23.3 Å². The van der Waals surface area contributed by atoms with Crippen LogP contribution in [0.4, 0.5) is 0 Å². The topological polar surface area (TPSA) is 9.23 Å². The Morgan fingerprint density at radius 2 is 1.91 bits per heavy atom. The van der Waals surface area contributed by atoms with E-state index in [2.05, 4.69) is 56.8 Å². The van der Waals surface area contributed by atoms with E-state index < -0.39 is 0 Å². The fourth-order valence-electron chi connectivity index (χ4n) is 3.06. The van der Waals surface area contributed by atoms with E-state index in [0.717, 1.165) is 11.3 Å². The maximum absolute atomic E-state index is 5.41. The van der Waals surface area contributed by atoms with E-state index in [-0.39, 0.29) is 26.0 Å². The number of ether oxygens (including phenoxy) is 1. The molecule has 119 valence electrons. The van der Waals surface area contributed by atoms with Crippen molar-refractivity contribution in [2.45, 2.75) is 19.8 Å². The average Bonchev–Trinajstić information content (AvgIpc) is 2.97. The Bertz CT molecular complexity index is 734. The third kappa shape index (κ3) is 3.55. The summed E-state index contributed by atoms with van der Waals surface area (Å²) in [6.07, 6.45) is 9.03. The molecule has 1 atom stereocenters. The molecule has 1 aliphatic rings. The molecule has 1 radical (unpaired) electrons. The normalized spacial score (nSPS) is 15.7. The van der Waals surface area contributed by atoms with Gasteiger partial charge in [-0.1, -0.05) is 18.1 Å². The first-order chi connectivity index (χ1) is 10.7. The van der Waals surface area contributed by atoms with Crippen molar-refractivity contribution in [2.24, 2.45) is 0 Å². The van der Waals surface area contributed by atoms with E-state index in [0.29, 0.717) is 0 Å². The van der Waals surface area contributed by atoms with Crippen LogP contribution in [0.5, 0.6) is 5.75 Å². The van der Waals surface area contributed by atoms with Crippen LogP contribution in [0, 0.1) is 26.0 Å². The van der Waals surface area contributed by atoms with Crippen LogP contribution in [0.2, 0.25) is 0 Å². The van der Waals surface area contributed by atoms with Crippen LogP contribution in [0.3, 0.4) is 0 Å². The van der Waals surface area contributed by atoms with Gasteiger partial charge in [-0.15, -0.1) is 6.07 Å². The quantitative estimate of drug-likeness (QED) is 0.436. The van der Waals surface area contributed by atoms with E-state index in [1.165, 1.54) is 28.5 Å². The Kier molecular flexibility index (Phi) is 5.76. The summed E-state index contributed by atoms with van der Waals surface area (Å²) in [5.74, 6) is 1.05. The summed E-state index contributed by atoms with van der Waals surface area (Å²) in [5.41, 5.74) is 6.00. The van der Waals surface area contributed by atoms with Crippen molar-refractivity contribution in [3.8, 4) is 5.75 Å². The molecule has 2 aromatic carbocycles. The molecule has 0 N–H and O–H groups in total. The van der Waals surface area contributed by atoms with Crippen LogP contribution >= 0.6 is 0 Å². The number of rotatable bonds is 4. The third-order valence-corrected chi connectivity index (χ3v) is 3.94. The third-order valence-electron chi connectivity index (χ3n) is 3.94. The molecule has 0 spiro atoms. The molecule has 0 amide bonds. The Hall–Kier alpha value is -1.89. The Morgan fingerprint density at radius 3 is 2.52 bits per heavy atom. The number of allylic oxidation sites excluding steroid dienone is 4. The monoisotopic (exact) mass is 479 g/mol. The number of hydrogen-bond donors (Lipinski definition) is 0. The van der Waals surface area contributed by atoms with Crippen molar-refractivity contribution in [3.05, 3.63) is 95.8 Å². The zero-order valence-corrected chi connectivity index (χ0v) is 15.6. The van der Waals surface area contributed by atoms with Gasteiger partial charge in [-0.3, -0.25) is 0 Å². The molecule has 0 saturated heterocycles. The molecule has 0 fully saturated rings. The molecule has 3 rings (SSSR count). The molecule has 2 heteroatoms. The van der Waals surface area contributed by atoms with Crippen LogP contribution in [0.15, 0.2) is 61.4 Å². The molecule has 2 aromatic rings. The zero-order valence-electron chi connectivity index (χ0n) is 13.2. The first-order valence-electron chi connectivity index (χ1n) is 7.36. The minimum atomic E-state index is 0. The van der Waals surface area contributed by atoms with E-state index >= 15 is 0 Å². The van der Waals surface area contributed by atoms with E-state index in [1.54, 1.807) is 0 Å². The first-order valence-corrected chi connectivity index (χ1v) is 7.36. The molecule has 1 unspecified atom stereocenters. The summed E-state index contributed by atoms with van der Waals surface area (Å²) >= 11 is 0. The zero-order chi connectivity index (χ0) is 15.5. The van der Waals surface area contributed by atoms with Gasteiger partial charge in [0.1, 0.15) is 5.75 Å². The fourth-order valence-corrected chi connectivity index (χ4v) is 3.06. The van der Waals surface area contributed by atoms with E-state index in [9.17, 15) is 0 Å². The fraction of sp³-hybridized carbons (Fsp3) is 0.143. The largest absolute Gasteiger partial charge is 0.466 e. The van der Waals surface area contributed by atoms with Crippen molar-refractivity contribution < 1.29 is 24.8 Å². The predicted molar refractivity (Wildman–Crippen MR) is 90.6 cm³/mol. The van der Waals surface area contributed by atoms with E-state index in [4.69, 9.17) is 4.74 Å². The van der Waals surface area contributed by atoms with Gasteiger partial charge in [0.2, 0.25) is 0 Å². The van der Waals surface area contributed by atoms with Crippen LogP contribution in [-0.4, -0.2) is 0 Å². The molecular weight excluding hydrogens is 460 g/mol. The Morgan fingerprint density at radius 1 is 1.17 bits per heavy atom. The Labute approximate surface area is 151 Å². The molecule has 0 bridgehead atoms. The van der Waals surface area contributed by atoms with Gasteiger partial charge in [0.05, 0.1) is 6.26 Å². The second-order valence-corrected chi connectivity index (χ2v) is 5.43. The minimum absolute atomic E-state index is 0. The van der Waals surface area contributed by atoms with Crippen molar-refractivity contribution >= 4 is 5.57 Å². The van der Waals surface area contributed by atoms with E-state index in [1.807, 2.05) is 24.3 Å². The molecule has 0 aliphatic heterocycles. The summed E-state index contributed by atoms with van der Waals surface area (Å²) in [6.45, 7) is 7.86. The molecule has 1 aliphatic carbocycles. The van der Waals surface area contributed by atoms with Gasteiger partial charge in [0.25, 0.3) is 0 Å². The van der Waals surface area contributed by atoms with Crippen LogP contribution in [-0.2, 0) is 20.1 Å². The average molecular weight is 479 g/mol. The number of benzene rings is 2. The second kappa shape index (κ2) is 7.59. The van der Waals surface area contributed by atoms with Gasteiger partial charge in [-0.2, -0.15) is 30.4 Å². The molecule has 1 nitrogen and oxygen atoms in total. The number of hydrogen-bond acceptors (Lipinski definition) is 1. The van der Waals surface area contributed by atoms with Crippen LogP contribution in [0.25, 0.3) is 5.57 Å². The van der Waals surface area contributed by atoms with Crippen LogP contribution in [0.1, 0.15) is 28.2 Å². The summed E-state index contributed by atoms with van der Waals surface area (Å²) in [7, 11) is 0. The standard InChI is InChI=1S/C21H18O.Ir/c1-4-22-18-13-15(2)21(16(3)14-18)20-12-8-11-19(20)17-9-6-5-7-10-17;/h4-9,12-14,20H,1H2,2-3H3;/q-2;. The molecular formula is C21H18IrO-2. The van der Waals surface area contributed by atoms with Crippen molar-refractivity contribution in [3.63, 3.8) is 0 Å². The smallest absolute Gasteiger partial charge is 0.127 e. The van der Waals surface area contributed by atoms with Crippen molar-refractivity contribution in [2.75, 3.05) is 0 Å². The summed E-state index contributed by atoms with van der Waals surface area (Å²) < 4.78 is 5.41. The second-order valence-electron chi connectivity index (χ2n) is 5.43. The van der Waals surface area contributed by atoms with Crippen molar-refractivity contribution in [1.82, 2.24) is 0 Å². The van der Waals surface area contributed by atoms with Crippen LogP contribution < -0.4 is 4.74 Å².